The molecule has 5 heteroatoms. The topological polar surface area (TPSA) is 43.4 Å². The standard InChI is InChI=1S/C2H8O3P2/c1-6(3)5-7(2)4/h6-7H,1-2H3. The van der Waals surface area contributed by atoms with Gasteiger partial charge in [0.1, 0.15) is 0 Å². The van der Waals surface area contributed by atoms with E-state index in [1.54, 1.807) is 0 Å². The van der Waals surface area contributed by atoms with Crippen molar-refractivity contribution in [2.45, 2.75) is 0 Å². The predicted molar refractivity (Wildman–Crippen MR) is 30.9 cm³/mol. The fraction of sp³-hybridized carbons (Fsp3) is 1.00. The van der Waals surface area contributed by atoms with Gasteiger partial charge < -0.3 is 0 Å². The molecule has 0 rings (SSSR count). The van der Waals surface area contributed by atoms with Crippen molar-refractivity contribution in [2.75, 3.05) is 13.3 Å². The summed E-state index contributed by atoms with van der Waals surface area (Å²) in [4.78, 5) is 0. The summed E-state index contributed by atoms with van der Waals surface area (Å²) >= 11 is 0. The van der Waals surface area contributed by atoms with Gasteiger partial charge in [0.05, 0.1) is 0 Å². The lowest BCUT2D eigenvalue weighted by molar-refractivity contribution is 0.496. The molecule has 0 saturated heterocycles. The second-order valence-corrected chi connectivity index (χ2v) is 3.87. The second-order valence-electron chi connectivity index (χ2n) is 1.09. The number of hydrogen-bond acceptors (Lipinski definition) is 3. The van der Waals surface area contributed by atoms with Crippen molar-refractivity contribution in [3.05, 3.63) is 0 Å². The number of hydrogen-bond donors (Lipinski definition) is 0. The molecule has 7 heavy (non-hydrogen) atoms. The summed E-state index contributed by atoms with van der Waals surface area (Å²) in [6.45, 7) is 2.83. The number of rotatable bonds is 2. The molecule has 0 aromatic carbocycles. The summed E-state index contributed by atoms with van der Waals surface area (Å²) in [6, 6.07) is 0. The first-order valence-corrected chi connectivity index (χ1v) is 5.45. The van der Waals surface area contributed by atoms with E-state index in [4.69, 9.17) is 0 Å². The van der Waals surface area contributed by atoms with Crippen molar-refractivity contribution in [2.24, 2.45) is 0 Å². The molecular weight excluding hydrogens is 134 g/mol. The highest BCUT2D eigenvalue weighted by Crippen LogP contribution is 2.31. The lowest BCUT2D eigenvalue weighted by Crippen LogP contribution is -1.56. The molecule has 0 saturated carbocycles. The van der Waals surface area contributed by atoms with Crippen LogP contribution >= 0.6 is 16.1 Å². The van der Waals surface area contributed by atoms with Crippen LogP contribution in [0, 0.1) is 0 Å². The molecule has 0 N–H and O–H groups in total. The summed E-state index contributed by atoms with van der Waals surface area (Å²) in [5.41, 5.74) is 0. The zero-order chi connectivity index (χ0) is 5.86. The summed E-state index contributed by atoms with van der Waals surface area (Å²) in [5.74, 6) is 0. The minimum absolute atomic E-state index is 1.41. The van der Waals surface area contributed by atoms with E-state index < -0.39 is 16.1 Å². The van der Waals surface area contributed by atoms with Gasteiger partial charge in [-0.05, 0) is 0 Å². The first-order chi connectivity index (χ1) is 3.13. The van der Waals surface area contributed by atoms with E-state index in [1.807, 2.05) is 0 Å². The molecule has 0 radical (unpaired) electrons. The highest BCUT2D eigenvalue weighted by molar-refractivity contribution is 7.52. The molecule has 0 bridgehead atoms. The zero-order valence-corrected chi connectivity index (χ0v) is 6.22. The smallest absolute Gasteiger partial charge is 0.194 e. The fourth-order valence-electron chi connectivity index (χ4n) is 0.202. The molecule has 0 aliphatic carbocycles. The summed E-state index contributed by atoms with van der Waals surface area (Å²) in [6.07, 6.45) is 0. The summed E-state index contributed by atoms with van der Waals surface area (Å²) in [7, 11) is -3.90. The molecule has 0 aromatic rings. The third kappa shape index (κ3) is 6.42. The Kier molecular flexibility index (Phi) is 3.63. The Labute approximate surface area is 43.8 Å². The first kappa shape index (κ1) is 7.42. The van der Waals surface area contributed by atoms with Gasteiger partial charge in [-0.2, -0.15) is 0 Å². The largest absolute Gasteiger partial charge is 0.296 e. The Morgan fingerprint density at radius 2 is 1.43 bits per heavy atom. The Morgan fingerprint density at radius 3 is 1.43 bits per heavy atom. The van der Waals surface area contributed by atoms with Crippen LogP contribution in [-0.4, -0.2) is 13.3 Å². The molecule has 2 unspecified atom stereocenters. The molecule has 0 amide bonds. The van der Waals surface area contributed by atoms with Gasteiger partial charge in [-0.25, -0.2) is 0 Å². The quantitative estimate of drug-likeness (QED) is 0.544. The molecule has 3 nitrogen and oxygen atoms in total. The Balaban J connectivity index is 3.32. The van der Waals surface area contributed by atoms with Gasteiger partial charge in [-0.1, -0.05) is 0 Å². The van der Waals surface area contributed by atoms with Crippen LogP contribution < -0.4 is 0 Å². The van der Waals surface area contributed by atoms with Crippen molar-refractivity contribution in [1.82, 2.24) is 0 Å². The molecular formula is C2H8O3P2. The third-order valence-electron chi connectivity index (χ3n) is 0.287. The Bertz CT molecular complexity index is 87.1. The summed E-state index contributed by atoms with van der Waals surface area (Å²) in [5, 5.41) is 0. The summed E-state index contributed by atoms with van der Waals surface area (Å²) < 4.78 is 24.4. The molecule has 0 heterocycles. The maximum absolute atomic E-state index is 10.0. The average Bonchev–Trinajstić information content (AvgIpc) is 1.27. The minimum atomic E-state index is -1.95. The maximum Gasteiger partial charge on any atom is 0.194 e. The minimum Gasteiger partial charge on any atom is -0.296 e. The highest BCUT2D eigenvalue weighted by atomic mass is 31.2. The Hall–Kier alpha value is 0.420. The van der Waals surface area contributed by atoms with Crippen LogP contribution in [0.3, 0.4) is 0 Å². The van der Waals surface area contributed by atoms with Crippen molar-refractivity contribution < 1.29 is 13.4 Å². The maximum atomic E-state index is 10.0. The van der Waals surface area contributed by atoms with E-state index in [2.05, 4.69) is 4.31 Å². The predicted octanol–water partition coefficient (Wildman–Crippen LogP) is 1.21. The van der Waals surface area contributed by atoms with Crippen LogP contribution in [-0.2, 0) is 13.4 Å². The van der Waals surface area contributed by atoms with Gasteiger partial charge in [-0.15, -0.1) is 0 Å². The lowest BCUT2D eigenvalue weighted by Gasteiger charge is -1.89. The first-order valence-electron chi connectivity index (χ1n) is 1.82. The van der Waals surface area contributed by atoms with Gasteiger partial charge >= 0.3 is 0 Å². The lowest BCUT2D eigenvalue weighted by atomic mass is 12.0. The monoisotopic (exact) mass is 142 g/mol. The van der Waals surface area contributed by atoms with Crippen LogP contribution in [0.15, 0.2) is 0 Å². The second kappa shape index (κ2) is 3.43. The van der Waals surface area contributed by atoms with Crippen LogP contribution in [0.4, 0.5) is 0 Å². The van der Waals surface area contributed by atoms with E-state index >= 15 is 0 Å². The van der Waals surface area contributed by atoms with E-state index in [0.29, 0.717) is 0 Å². The van der Waals surface area contributed by atoms with Crippen molar-refractivity contribution in [3.63, 3.8) is 0 Å². The fourth-order valence-corrected chi connectivity index (χ4v) is 1.82. The molecule has 2 atom stereocenters. The molecule has 0 spiro atoms. The highest BCUT2D eigenvalue weighted by Gasteiger charge is 1.89. The van der Waals surface area contributed by atoms with Gasteiger partial charge in [0, 0.05) is 13.3 Å². The molecule has 0 aliphatic rings. The molecule has 0 fully saturated rings. The third-order valence-corrected chi connectivity index (χ3v) is 2.59. The normalized spacial score (nSPS) is 18.6. The van der Waals surface area contributed by atoms with E-state index in [1.165, 1.54) is 13.3 Å². The molecule has 0 aliphatic heterocycles. The van der Waals surface area contributed by atoms with Gasteiger partial charge in [0.25, 0.3) is 0 Å². The van der Waals surface area contributed by atoms with Gasteiger partial charge in [0.15, 0.2) is 16.1 Å². The van der Waals surface area contributed by atoms with Crippen LogP contribution in [0.25, 0.3) is 0 Å². The van der Waals surface area contributed by atoms with Gasteiger partial charge in [0.2, 0.25) is 0 Å². The van der Waals surface area contributed by atoms with E-state index in [9.17, 15) is 9.13 Å². The SMILES string of the molecule is C[PH](=O)O[PH](C)=O. The van der Waals surface area contributed by atoms with Crippen molar-refractivity contribution in [1.29, 1.82) is 0 Å². The molecule has 0 aromatic heterocycles. The van der Waals surface area contributed by atoms with Crippen LogP contribution in [0.1, 0.15) is 0 Å². The zero-order valence-electron chi connectivity index (χ0n) is 4.22. The van der Waals surface area contributed by atoms with Crippen molar-refractivity contribution >= 4 is 16.1 Å². The van der Waals surface area contributed by atoms with Crippen LogP contribution in [0.2, 0.25) is 0 Å². The van der Waals surface area contributed by atoms with Gasteiger partial charge in [-0.3, -0.25) is 13.4 Å². The average molecular weight is 142 g/mol. The van der Waals surface area contributed by atoms with E-state index in [-0.39, 0.29) is 0 Å². The van der Waals surface area contributed by atoms with Crippen LogP contribution in [0.5, 0.6) is 0 Å². The van der Waals surface area contributed by atoms with Crippen molar-refractivity contribution in [3.8, 4) is 0 Å². The Morgan fingerprint density at radius 1 is 1.14 bits per heavy atom. The molecule has 44 valence electrons. The van der Waals surface area contributed by atoms with E-state index in [0.717, 1.165) is 0 Å².